The lowest BCUT2D eigenvalue weighted by Crippen LogP contribution is -2.24. The van der Waals surface area contributed by atoms with E-state index in [4.69, 9.17) is 0 Å². The lowest BCUT2D eigenvalue weighted by Gasteiger charge is -2.24. The SMILES string of the molecule is CCCCN(C)c1cc(NC2CCCCC2)ncn1. The minimum absolute atomic E-state index is 0.595. The van der Waals surface area contributed by atoms with Crippen LogP contribution in [0.1, 0.15) is 51.9 Å². The van der Waals surface area contributed by atoms with Gasteiger partial charge in [0.2, 0.25) is 0 Å². The highest BCUT2D eigenvalue weighted by atomic mass is 15.2. The Bertz CT molecular complexity index is 374. The predicted molar refractivity (Wildman–Crippen MR) is 80.7 cm³/mol. The Morgan fingerprint density at radius 2 is 2.05 bits per heavy atom. The third-order valence-corrected chi connectivity index (χ3v) is 3.85. The second kappa shape index (κ2) is 7.31. The molecular weight excluding hydrogens is 236 g/mol. The lowest BCUT2D eigenvalue weighted by atomic mass is 9.95. The summed E-state index contributed by atoms with van der Waals surface area (Å²) in [5.41, 5.74) is 0. The van der Waals surface area contributed by atoms with Crippen molar-refractivity contribution in [1.82, 2.24) is 9.97 Å². The van der Waals surface area contributed by atoms with Crippen molar-refractivity contribution in [2.24, 2.45) is 0 Å². The summed E-state index contributed by atoms with van der Waals surface area (Å²) in [6, 6.07) is 2.67. The summed E-state index contributed by atoms with van der Waals surface area (Å²) in [4.78, 5) is 10.9. The molecule has 0 aliphatic heterocycles. The van der Waals surface area contributed by atoms with Gasteiger partial charge in [-0.2, -0.15) is 0 Å². The summed E-state index contributed by atoms with van der Waals surface area (Å²) in [6.45, 7) is 3.26. The average molecular weight is 262 g/mol. The number of nitrogens with zero attached hydrogens (tertiary/aromatic N) is 3. The van der Waals surface area contributed by atoms with E-state index in [1.54, 1.807) is 6.33 Å². The van der Waals surface area contributed by atoms with Crippen molar-refractivity contribution < 1.29 is 0 Å². The maximum absolute atomic E-state index is 4.36. The predicted octanol–water partition coefficient (Wildman–Crippen LogP) is 3.46. The summed E-state index contributed by atoms with van der Waals surface area (Å²) in [6.07, 6.45) is 10.7. The van der Waals surface area contributed by atoms with Gasteiger partial charge >= 0.3 is 0 Å². The molecule has 19 heavy (non-hydrogen) atoms. The van der Waals surface area contributed by atoms with Crippen molar-refractivity contribution in [1.29, 1.82) is 0 Å². The summed E-state index contributed by atoms with van der Waals surface area (Å²) in [5.74, 6) is 1.99. The van der Waals surface area contributed by atoms with E-state index >= 15 is 0 Å². The Morgan fingerprint density at radius 3 is 2.79 bits per heavy atom. The van der Waals surface area contributed by atoms with Crippen LogP contribution in [0.4, 0.5) is 11.6 Å². The van der Waals surface area contributed by atoms with E-state index in [-0.39, 0.29) is 0 Å². The molecule has 4 nitrogen and oxygen atoms in total. The molecule has 0 amide bonds. The molecule has 2 rings (SSSR count). The summed E-state index contributed by atoms with van der Waals surface area (Å²) < 4.78 is 0. The molecule has 0 unspecified atom stereocenters. The topological polar surface area (TPSA) is 41.0 Å². The van der Waals surface area contributed by atoms with Gasteiger partial charge in [0.25, 0.3) is 0 Å². The second-order valence-electron chi connectivity index (χ2n) is 5.52. The van der Waals surface area contributed by atoms with Gasteiger partial charge in [0.1, 0.15) is 18.0 Å². The molecule has 0 radical (unpaired) electrons. The quantitative estimate of drug-likeness (QED) is 0.852. The van der Waals surface area contributed by atoms with Crippen molar-refractivity contribution in [2.45, 2.75) is 57.9 Å². The normalized spacial score (nSPS) is 16.3. The Hall–Kier alpha value is -1.32. The maximum atomic E-state index is 4.36. The van der Waals surface area contributed by atoms with Crippen LogP contribution in [0.2, 0.25) is 0 Å². The molecule has 1 aliphatic carbocycles. The summed E-state index contributed by atoms with van der Waals surface area (Å²) in [7, 11) is 2.10. The fraction of sp³-hybridized carbons (Fsp3) is 0.733. The van der Waals surface area contributed by atoms with Crippen molar-refractivity contribution in [2.75, 3.05) is 23.8 Å². The molecule has 0 spiro atoms. The zero-order chi connectivity index (χ0) is 13.5. The Balaban J connectivity index is 1.93. The highest BCUT2D eigenvalue weighted by molar-refractivity contribution is 5.48. The number of nitrogens with one attached hydrogen (secondary N) is 1. The van der Waals surface area contributed by atoms with Gasteiger partial charge in [-0.3, -0.25) is 0 Å². The van der Waals surface area contributed by atoms with E-state index in [1.165, 1.54) is 44.9 Å². The van der Waals surface area contributed by atoms with Crippen molar-refractivity contribution >= 4 is 11.6 Å². The van der Waals surface area contributed by atoms with Gasteiger partial charge in [0.05, 0.1) is 0 Å². The van der Waals surface area contributed by atoms with Crippen LogP contribution in [0.15, 0.2) is 12.4 Å². The number of rotatable bonds is 6. The third kappa shape index (κ3) is 4.37. The van der Waals surface area contributed by atoms with E-state index in [2.05, 4.69) is 40.2 Å². The van der Waals surface area contributed by atoms with Gasteiger partial charge < -0.3 is 10.2 Å². The molecule has 1 aromatic rings. The van der Waals surface area contributed by atoms with Gasteiger partial charge in [0, 0.05) is 25.7 Å². The Kier molecular flexibility index (Phi) is 5.43. The van der Waals surface area contributed by atoms with Crippen molar-refractivity contribution in [3.8, 4) is 0 Å². The van der Waals surface area contributed by atoms with Gasteiger partial charge in [-0.15, -0.1) is 0 Å². The fourth-order valence-electron chi connectivity index (χ4n) is 2.60. The molecule has 0 aromatic carbocycles. The van der Waals surface area contributed by atoms with Crippen LogP contribution in [-0.2, 0) is 0 Å². The van der Waals surface area contributed by atoms with Crippen LogP contribution in [0, 0.1) is 0 Å². The molecule has 1 aromatic heterocycles. The average Bonchev–Trinajstić information content (AvgIpc) is 2.46. The van der Waals surface area contributed by atoms with E-state index < -0.39 is 0 Å². The zero-order valence-electron chi connectivity index (χ0n) is 12.2. The number of aromatic nitrogens is 2. The Labute approximate surface area is 116 Å². The van der Waals surface area contributed by atoms with Crippen LogP contribution >= 0.6 is 0 Å². The van der Waals surface area contributed by atoms with Gasteiger partial charge in [-0.1, -0.05) is 32.6 Å². The first-order chi connectivity index (χ1) is 9.29. The van der Waals surface area contributed by atoms with E-state index in [1.807, 2.05) is 0 Å². The van der Waals surface area contributed by atoms with Crippen LogP contribution in [0.3, 0.4) is 0 Å². The molecule has 0 saturated heterocycles. The number of unbranched alkanes of at least 4 members (excludes halogenated alkanes) is 1. The first kappa shape index (κ1) is 14.1. The molecule has 1 aliphatic rings. The Morgan fingerprint density at radius 1 is 1.26 bits per heavy atom. The molecule has 1 saturated carbocycles. The molecular formula is C15H26N4. The largest absolute Gasteiger partial charge is 0.367 e. The van der Waals surface area contributed by atoms with Crippen LogP contribution < -0.4 is 10.2 Å². The number of hydrogen-bond acceptors (Lipinski definition) is 4. The zero-order valence-corrected chi connectivity index (χ0v) is 12.2. The highest BCUT2D eigenvalue weighted by Crippen LogP contribution is 2.22. The first-order valence-electron chi connectivity index (χ1n) is 7.59. The summed E-state index contributed by atoms with van der Waals surface area (Å²) >= 11 is 0. The second-order valence-corrected chi connectivity index (χ2v) is 5.52. The molecule has 0 bridgehead atoms. The number of anilines is 2. The van der Waals surface area contributed by atoms with Crippen LogP contribution in [0.5, 0.6) is 0 Å². The molecule has 1 heterocycles. The molecule has 0 atom stereocenters. The minimum atomic E-state index is 0.595. The molecule has 1 fully saturated rings. The summed E-state index contributed by atoms with van der Waals surface area (Å²) in [5, 5.41) is 3.55. The van der Waals surface area contributed by atoms with E-state index in [0.29, 0.717) is 6.04 Å². The highest BCUT2D eigenvalue weighted by Gasteiger charge is 2.14. The van der Waals surface area contributed by atoms with Crippen LogP contribution in [0.25, 0.3) is 0 Å². The standard InChI is InChI=1S/C15H26N4/c1-3-4-10-19(2)15-11-14(16-12-17-15)18-13-8-6-5-7-9-13/h11-13H,3-10H2,1-2H3,(H,16,17,18). The van der Waals surface area contributed by atoms with Gasteiger partial charge in [0.15, 0.2) is 0 Å². The smallest absolute Gasteiger partial charge is 0.133 e. The monoisotopic (exact) mass is 262 g/mol. The molecule has 4 heteroatoms. The van der Waals surface area contributed by atoms with Crippen molar-refractivity contribution in [3.05, 3.63) is 12.4 Å². The van der Waals surface area contributed by atoms with Gasteiger partial charge in [-0.05, 0) is 19.3 Å². The lowest BCUT2D eigenvalue weighted by molar-refractivity contribution is 0.462. The minimum Gasteiger partial charge on any atom is -0.367 e. The van der Waals surface area contributed by atoms with E-state index in [0.717, 1.165) is 18.2 Å². The fourth-order valence-corrected chi connectivity index (χ4v) is 2.60. The van der Waals surface area contributed by atoms with Crippen molar-refractivity contribution in [3.63, 3.8) is 0 Å². The van der Waals surface area contributed by atoms with Crippen LogP contribution in [-0.4, -0.2) is 29.6 Å². The molecule has 1 N–H and O–H groups in total. The maximum Gasteiger partial charge on any atom is 0.133 e. The number of hydrogen-bond donors (Lipinski definition) is 1. The van der Waals surface area contributed by atoms with E-state index in [9.17, 15) is 0 Å². The molecule has 106 valence electrons. The van der Waals surface area contributed by atoms with Gasteiger partial charge in [-0.25, -0.2) is 9.97 Å². The first-order valence-corrected chi connectivity index (χ1v) is 7.59. The third-order valence-electron chi connectivity index (χ3n) is 3.85.